The van der Waals surface area contributed by atoms with Crippen LogP contribution in [0.4, 0.5) is 0 Å². The SMILES string of the molecule is COC(=O)C(C)NC1CCN2CCCC2C1. The Bertz CT molecular complexity index is 257. The number of hydrogen-bond acceptors (Lipinski definition) is 4. The van der Waals surface area contributed by atoms with Gasteiger partial charge in [-0.15, -0.1) is 0 Å². The quantitative estimate of drug-likeness (QED) is 0.722. The Labute approximate surface area is 97.3 Å². The molecule has 3 atom stereocenters. The predicted molar refractivity (Wildman–Crippen MR) is 62.2 cm³/mol. The zero-order valence-corrected chi connectivity index (χ0v) is 10.2. The minimum absolute atomic E-state index is 0.158. The Morgan fingerprint density at radius 3 is 3.00 bits per heavy atom. The summed E-state index contributed by atoms with van der Waals surface area (Å²) in [6.45, 7) is 4.33. The molecule has 2 heterocycles. The van der Waals surface area contributed by atoms with Crippen molar-refractivity contribution < 1.29 is 9.53 Å². The lowest BCUT2D eigenvalue weighted by atomic mass is 9.97. The average molecular weight is 226 g/mol. The van der Waals surface area contributed by atoms with E-state index in [0.717, 1.165) is 12.5 Å². The summed E-state index contributed by atoms with van der Waals surface area (Å²) in [6, 6.07) is 1.05. The van der Waals surface area contributed by atoms with Gasteiger partial charge in [-0.05, 0) is 45.7 Å². The number of nitrogens with zero attached hydrogens (tertiary/aromatic N) is 1. The topological polar surface area (TPSA) is 41.6 Å². The molecule has 92 valence electrons. The first-order valence-corrected chi connectivity index (χ1v) is 6.28. The van der Waals surface area contributed by atoms with E-state index in [1.807, 2.05) is 6.92 Å². The number of fused-ring (bicyclic) bond motifs is 1. The molecule has 0 aromatic carbocycles. The smallest absolute Gasteiger partial charge is 0.322 e. The second-order valence-electron chi connectivity index (χ2n) is 4.96. The van der Waals surface area contributed by atoms with Crippen LogP contribution in [0.15, 0.2) is 0 Å². The molecule has 0 aromatic rings. The predicted octanol–water partition coefficient (Wildman–Crippen LogP) is 0.764. The van der Waals surface area contributed by atoms with Gasteiger partial charge in [0, 0.05) is 12.1 Å². The summed E-state index contributed by atoms with van der Waals surface area (Å²) in [4.78, 5) is 13.9. The Morgan fingerprint density at radius 2 is 2.25 bits per heavy atom. The highest BCUT2D eigenvalue weighted by Crippen LogP contribution is 2.26. The third kappa shape index (κ3) is 2.55. The highest BCUT2D eigenvalue weighted by molar-refractivity contribution is 5.75. The monoisotopic (exact) mass is 226 g/mol. The molecule has 4 heteroatoms. The molecule has 0 aromatic heterocycles. The van der Waals surface area contributed by atoms with Crippen molar-refractivity contribution in [2.75, 3.05) is 20.2 Å². The molecular formula is C12H22N2O2. The van der Waals surface area contributed by atoms with Crippen molar-refractivity contribution >= 4 is 5.97 Å². The van der Waals surface area contributed by atoms with Crippen molar-refractivity contribution in [1.29, 1.82) is 0 Å². The second kappa shape index (κ2) is 5.15. The molecule has 4 nitrogen and oxygen atoms in total. The van der Waals surface area contributed by atoms with E-state index in [0.29, 0.717) is 6.04 Å². The van der Waals surface area contributed by atoms with Crippen molar-refractivity contribution in [3.8, 4) is 0 Å². The van der Waals surface area contributed by atoms with E-state index in [-0.39, 0.29) is 12.0 Å². The first-order valence-electron chi connectivity index (χ1n) is 6.28. The maximum atomic E-state index is 11.3. The van der Waals surface area contributed by atoms with E-state index in [1.165, 1.54) is 39.5 Å². The fourth-order valence-corrected chi connectivity index (χ4v) is 2.97. The van der Waals surface area contributed by atoms with Gasteiger partial charge in [0.15, 0.2) is 0 Å². The summed E-state index contributed by atoms with van der Waals surface area (Å²) in [5.41, 5.74) is 0. The van der Waals surface area contributed by atoms with E-state index >= 15 is 0 Å². The van der Waals surface area contributed by atoms with Crippen LogP contribution in [-0.4, -0.2) is 49.2 Å². The molecule has 0 aliphatic carbocycles. The summed E-state index contributed by atoms with van der Waals surface area (Å²) in [6.07, 6.45) is 4.99. The fraction of sp³-hybridized carbons (Fsp3) is 0.917. The van der Waals surface area contributed by atoms with Gasteiger partial charge in [0.05, 0.1) is 7.11 Å². The van der Waals surface area contributed by atoms with E-state index in [4.69, 9.17) is 4.74 Å². The lowest BCUT2D eigenvalue weighted by Gasteiger charge is -2.36. The minimum Gasteiger partial charge on any atom is -0.468 e. The van der Waals surface area contributed by atoms with Crippen LogP contribution < -0.4 is 5.32 Å². The van der Waals surface area contributed by atoms with Gasteiger partial charge >= 0.3 is 5.97 Å². The van der Waals surface area contributed by atoms with Crippen LogP contribution in [0.2, 0.25) is 0 Å². The van der Waals surface area contributed by atoms with Crippen LogP contribution >= 0.6 is 0 Å². The zero-order valence-electron chi connectivity index (χ0n) is 10.2. The number of rotatable bonds is 3. The summed E-state index contributed by atoms with van der Waals surface area (Å²) in [5.74, 6) is -0.158. The maximum absolute atomic E-state index is 11.3. The van der Waals surface area contributed by atoms with Crippen molar-refractivity contribution in [2.45, 2.75) is 50.7 Å². The highest BCUT2D eigenvalue weighted by Gasteiger charge is 2.32. The number of nitrogens with one attached hydrogen (secondary N) is 1. The lowest BCUT2D eigenvalue weighted by molar-refractivity contribution is -0.143. The summed E-state index contributed by atoms with van der Waals surface area (Å²) in [5, 5.41) is 3.38. The molecule has 2 aliphatic heterocycles. The third-order valence-electron chi connectivity index (χ3n) is 3.86. The summed E-state index contributed by atoms with van der Waals surface area (Å²) >= 11 is 0. The summed E-state index contributed by atoms with van der Waals surface area (Å²) < 4.78 is 4.73. The Morgan fingerprint density at radius 1 is 1.44 bits per heavy atom. The third-order valence-corrected chi connectivity index (χ3v) is 3.86. The van der Waals surface area contributed by atoms with E-state index in [1.54, 1.807) is 0 Å². The van der Waals surface area contributed by atoms with Crippen molar-refractivity contribution in [3.05, 3.63) is 0 Å². The van der Waals surface area contributed by atoms with Gasteiger partial charge in [-0.25, -0.2) is 0 Å². The van der Waals surface area contributed by atoms with Gasteiger partial charge in [-0.2, -0.15) is 0 Å². The van der Waals surface area contributed by atoms with Crippen molar-refractivity contribution in [1.82, 2.24) is 10.2 Å². The Kier molecular flexibility index (Phi) is 3.82. The molecule has 2 aliphatic rings. The van der Waals surface area contributed by atoms with Gasteiger partial charge in [0.2, 0.25) is 0 Å². The lowest BCUT2D eigenvalue weighted by Crippen LogP contribution is -2.50. The van der Waals surface area contributed by atoms with E-state index in [9.17, 15) is 4.79 Å². The van der Waals surface area contributed by atoms with Crippen LogP contribution in [0, 0.1) is 0 Å². The van der Waals surface area contributed by atoms with Crippen LogP contribution in [0.3, 0.4) is 0 Å². The second-order valence-corrected chi connectivity index (χ2v) is 4.96. The number of piperidine rings is 1. The largest absolute Gasteiger partial charge is 0.468 e. The van der Waals surface area contributed by atoms with E-state index in [2.05, 4.69) is 10.2 Å². The number of methoxy groups -OCH3 is 1. The number of carbonyl (C=O) groups excluding carboxylic acids is 1. The van der Waals surface area contributed by atoms with Gasteiger partial charge in [-0.3, -0.25) is 4.79 Å². The first kappa shape index (κ1) is 11.9. The van der Waals surface area contributed by atoms with Crippen molar-refractivity contribution in [3.63, 3.8) is 0 Å². The van der Waals surface area contributed by atoms with Crippen molar-refractivity contribution in [2.24, 2.45) is 0 Å². The molecule has 1 N–H and O–H groups in total. The van der Waals surface area contributed by atoms with Gasteiger partial charge in [0.1, 0.15) is 6.04 Å². The minimum atomic E-state index is -0.178. The summed E-state index contributed by atoms with van der Waals surface area (Å²) in [7, 11) is 1.44. The molecule has 16 heavy (non-hydrogen) atoms. The van der Waals surface area contributed by atoms with E-state index < -0.39 is 0 Å². The molecule has 2 saturated heterocycles. The van der Waals surface area contributed by atoms with Gasteiger partial charge in [0.25, 0.3) is 0 Å². The number of esters is 1. The highest BCUT2D eigenvalue weighted by atomic mass is 16.5. The van der Waals surface area contributed by atoms with Crippen LogP contribution in [0.5, 0.6) is 0 Å². The first-order chi connectivity index (χ1) is 7.70. The fourth-order valence-electron chi connectivity index (χ4n) is 2.97. The van der Waals surface area contributed by atoms with Gasteiger partial charge in [-0.1, -0.05) is 0 Å². The average Bonchev–Trinajstić information content (AvgIpc) is 2.75. The Hall–Kier alpha value is -0.610. The molecular weight excluding hydrogens is 204 g/mol. The Balaban J connectivity index is 1.80. The molecule has 0 amide bonds. The zero-order chi connectivity index (χ0) is 11.5. The van der Waals surface area contributed by atoms with Crippen LogP contribution in [0.25, 0.3) is 0 Å². The number of hydrogen-bond donors (Lipinski definition) is 1. The molecule has 2 fully saturated rings. The molecule has 0 radical (unpaired) electrons. The molecule has 0 bridgehead atoms. The van der Waals surface area contributed by atoms with Gasteiger partial charge < -0.3 is 15.0 Å². The number of carbonyl (C=O) groups is 1. The molecule has 3 unspecified atom stereocenters. The molecule has 2 rings (SSSR count). The standard InChI is InChI=1S/C12H22N2O2/c1-9(12(15)16-2)13-10-5-7-14-6-3-4-11(14)8-10/h9-11,13H,3-8H2,1-2H3. The van der Waals surface area contributed by atoms with Crippen LogP contribution in [0.1, 0.15) is 32.6 Å². The maximum Gasteiger partial charge on any atom is 0.322 e. The van der Waals surface area contributed by atoms with Crippen LogP contribution in [-0.2, 0) is 9.53 Å². The normalized spacial score (nSPS) is 32.1. The molecule has 0 saturated carbocycles. The number of ether oxygens (including phenoxy) is 1. The molecule has 0 spiro atoms.